The van der Waals surface area contributed by atoms with Gasteiger partial charge in [-0.15, -0.1) is 0 Å². The number of hydrogen-bond acceptors (Lipinski definition) is 2. The number of nitrogens with one attached hydrogen (secondary N) is 1. The molecule has 0 saturated carbocycles. The third kappa shape index (κ3) is 5.74. The lowest BCUT2D eigenvalue weighted by atomic mass is 10.1. The number of rotatable bonds is 7. The molecule has 0 radical (unpaired) electrons. The van der Waals surface area contributed by atoms with Gasteiger partial charge < -0.3 is 10.1 Å². The predicted molar refractivity (Wildman–Crippen MR) is 84.7 cm³/mol. The molecule has 5 heteroatoms. The van der Waals surface area contributed by atoms with E-state index in [1.807, 2.05) is 12.1 Å². The van der Waals surface area contributed by atoms with E-state index in [2.05, 4.69) is 5.32 Å². The van der Waals surface area contributed by atoms with E-state index >= 15 is 0 Å². The van der Waals surface area contributed by atoms with Crippen molar-refractivity contribution in [2.75, 3.05) is 13.2 Å². The van der Waals surface area contributed by atoms with Gasteiger partial charge in [-0.2, -0.15) is 0 Å². The standard InChI is InChI=1S/C17H17ClFNO2/c18-14-4-2-13(3-5-14)12-17(21)20-10-1-11-22-16-8-6-15(19)7-9-16/h2-9H,1,10-12H2,(H,20,21). The van der Waals surface area contributed by atoms with E-state index in [4.69, 9.17) is 16.3 Å². The van der Waals surface area contributed by atoms with Gasteiger partial charge in [-0.25, -0.2) is 4.39 Å². The zero-order chi connectivity index (χ0) is 15.8. The van der Waals surface area contributed by atoms with E-state index in [1.54, 1.807) is 24.3 Å². The molecule has 2 aromatic carbocycles. The highest BCUT2D eigenvalue weighted by Crippen LogP contribution is 2.11. The fourth-order valence-corrected chi connectivity index (χ4v) is 2.00. The zero-order valence-electron chi connectivity index (χ0n) is 12.0. The molecule has 1 amide bonds. The number of halogens is 2. The van der Waals surface area contributed by atoms with E-state index < -0.39 is 0 Å². The van der Waals surface area contributed by atoms with E-state index in [-0.39, 0.29) is 11.7 Å². The molecule has 0 spiro atoms. The zero-order valence-corrected chi connectivity index (χ0v) is 12.8. The SMILES string of the molecule is O=C(Cc1ccc(Cl)cc1)NCCCOc1ccc(F)cc1. The highest BCUT2D eigenvalue weighted by Gasteiger charge is 2.03. The topological polar surface area (TPSA) is 38.3 Å². The largest absolute Gasteiger partial charge is 0.494 e. The first-order valence-electron chi connectivity index (χ1n) is 7.03. The second-order valence-corrected chi connectivity index (χ2v) is 5.25. The first-order valence-corrected chi connectivity index (χ1v) is 7.41. The molecule has 0 unspecified atom stereocenters. The van der Waals surface area contributed by atoms with Gasteiger partial charge in [-0.3, -0.25) is 4.79 Å². The van der Waals surface area contributed by atoms with Gasteiger partial charge in [0.15, 0.2) is 0 Å². The van der Waals surface area contributed by atoms with Crippen molar-refractivity contribution in [3.8, 4) is 5.75 Å². The van der Waals surface area contributed by atoms with E-state index in [9.17, 15) is 9.18 Å². The fourth-order valence-electron chi connectivity index (χ4n) is 1.87. The monoisotopic (exact) mass is 321 g/mol. The highest BCUT2D eigenvalue weighted by atomic mass is 35.5. The first kappa shape index (κ1) is 16.3. The van der Waals surface area contributed by atoms with Crippen LogP contribution in [0.4, 0.5) is 4.39 Å². The summed E-state index contributed by atoms with van der Waals surface area (Å²) in [5.74, 6) is 0.291. The van der Waals surface area contributed by atoms with Crippen molar-refractivity contribution in [2.45, 2.75) is 12.8 Å². The molecule has 0 aliphatic rings. The quantitative estimate of drug-likeness (QED) is 0.791. The Bertz CT molecular complexity index is 599. The highest BCUT2D eigenvalue weighted by molar-refractivity contribution is 6.30. The summed E-state index contributed by atoms with van der Waals surface area (Å²) >= 11 is 5.79. The Morgan fingerprint density at radius 3 is 2.45 bits per heavy atom. The molecule has 2 aromatic rings. The number of benzene rings is 2. The van der Waals surface area contributed by atoms with Crippen LogP contribution in [-0.2, 0) is 11.2 Å². The minimum absolute atomic E-state index is 0.0379. The van der Waals surface area contributed by atoms with Gasteiger partial charge in [-0.1, -0.05) is 23.7 Å². The molecule has 116 valence electrons. The van der Waals surface area contributed by atoms with Crippen LogP contribution in [0.3, 0.4) is 0 Å². The molecular formula is C17H17ClFNO2. The molecule has 3 nitrogen and oxygen atoms in total. The summed E-state index contributed by atoms with van der Waals surface area (Å²) in [5.41, 5.74) is 0.921. The van der Waals surface area contributed by atoms with Crippen LogP contribution >= 0.6 is 11.6 Å². The first-order chi connectivity index (χ1) is 10.6. The maximum absolute atomic E-state index is 12.7. The maximum atomic E-state index is 12.7. The Kier molecular flexibility index (Phi) is 6.22. The van der Waals surface area contributed by atoms with Gasteiger partial charge >= 0.3 is 0 Å². The van der Waals surface area contributed by atoms with Crippen LogP contribution in [0.15, 0.2) is 48.5 Å². The summed E-state index contributed by atoms with van der Waals surface area (Å²) < 4.78 is 18.2. The van der Waals surface area contributed by atoms with Gasteiger partial charge in [0.25, 0.3) is 0 Å². The predicted octanol–water partition coefficient (Wildman–Crippen LogP) is 3.61. The molecule has 0 aromatic heterocycles. The third-order valence-corrected chi connectivity index (χ3v) is 3.26. The molecule has 0 fully saturated rings. The molecular weight excluding hydrogens is 305 g/mol. The Balaban J connectivity index is 1.61. The van der Waals surface area contributed by atoms with Gasteiger partial charge in [0.05, 0.1) is 13.0 Å². The maximum Gasteiger partial charge on any atom is 0.224 e. The molecule has 2 rings (SSSR count). The number of ether oxygens (including phenoxy) is 1. The second-order valence-electron chi connectivity index (χ2n) is 4.81. The Labute approximate surface area is 134 Å². The van der Waals surface area contributed by atoms with Crippen LogP contribution in [0, 0.1) is 5.82 Å². The van der Waals surface area contributed by atoms with Gasteiger partial charge in [0, 0.05) is 11.6 Å². The van der Waals surface area contributed by atoms with E-state index in [1.165, 1.54) is 12.1 Å². The average Bonchev–Trinajstić information content (AvgIpc) is 2.51. The van der Waals surface area contributed by atoms with Crippen LogP contribution in [0.2, 0.25) is 5.02 Å². The van der Waals surface area contributed by atoms with Crippen LogP contribution in [0.25, 0.3) is 0 Å². The molecule has 0 aliphatic carbocycles. The smallest absolute Gasteiger partial charge is 0.224 e. The molecule has 0 saturated heterocycles. The van der Waals surface area contributed by atoms with Crippen molar-refractivity contribution in [1.29, 1.82) is 0 Å². The molecule has 0 aliphatic heterocycles. The summed E-state index contributed by atoms with van der Waals surface area (Å²) in [6, 6.07) is 13.1. The minimum Gasteiger partial charge on any atom is -0.494 e. The molecule has 0 heterocycles. The summed E-state index contributed by atoms with van der Waals surface area (Å²) in [6.07, 6.45) is 1.01. The van der Waals surface area contributed by atoms with Crippen LogP contribution in [0.1, 0.15) is 12.0 Å². The fraction of sp³-hybridized carbons (Fsp3) is 0.235. The lowest BCUT2D eigenvalue weighted by Gasteiger charge is -2.07. The van der Waals surface area contributed by atoms with Gasteiger partial charge in [0.1, 0.15) is 11.6 Å². The van der Waals surface area contributed by atoms with Crippen LogP contribution in [0.5, 0.6) is 5.75 Å². The lowest BCUT2D eigenvalue weighted by Crippen LogP contribution is -2.27. The van der Waals surface area contributed by atoms with Crippen molar-refractivity contribution in [1.82, 2.24) is 5.32 Å². The summed E-state index contributed by atoms with van der Waals surface area (Å²) in [6.45, 7) is 1.00. The van der Waals surface area contributed by atoms with Crippen molar-refractivity contribution in [2.24, 2.45) is 0 Å². The van der Waals surface area contributed by atoms with Crippen LogP contribution < -0.4 is 10.1 Å². The summed E-state index contributed by atoms with van der Waals surface area (Å²) in [7, 11) is 0. The number of hydrogen-bond donors (Lipinski definition) is 1. The normalized spacial score (nSPS) is 10.3. The molecule has 22 heavy (non-hydrogen) atoms. The number of carbonyl (C=O) groups excluding carboxylic acids is 1. The van der Waals surface area contributed by atoms with Gasteiger partial charge in [0.2, 0.25) is 5.91 Å². The summed E-state index contributed by atoms with van der Waals surface area (Å²) in [5, 5.41) is 3.48. The number of amides is 1. The average molecular weight is 322 g/mol. The Hall–Kier alpha value is -2.07. The molecule has 1 N–H and O–H groups in total. The second kappa shape index (κ2) is 8.39. The molecule has 0 bridgehead atoms. The van der Waals surface area contributed by atoms with Crippen molar-refractivity contribution in [3.05, 3.63) is 64.9 Å². The summed E-state index contributed by atoms with van der Waals surface area (Å²) in [4.78, 5) is 11.7. The minimum atomic E-state index is -0.290. The van der Waals surface area contributed by atoms with E-state index in [0.717, 1.165) is 5.56 Å². The van der Waals surface area contributed by atoms with Crippen molar-refractivity contribution >= 4 is 17.5 Å². The lowest BCUT2D eigenvalue weighted by molar-refractivity contribution is -0.120. The van der Waals surface area contributed by atoms with Crippen LogP contribution in [-0.4, -0.2) is 19.1 Å². The van der Waals surface area contributed by atoms with Crippen molar-refractivity contribution < 1.29 is 13.9 Å². The molecule has 0 atom stereocenters. The Morgan fingerprint density at radius 2 is 1.77 bits per heavy atom. The Morgan fingerprint density at radius 1 is 1.09 bits per heavy atom. The third-order valence-electron chi connectivity index (χ3n) is 3.00. The van der Waals surface area contributed by atoms with Crippen molar-refractivity contribution in [3.63, 3.8) is 0 Å². The van der Waals surface area contributed by atoms with Gasteiger partial charge in [-0.05, 0) is 48.4 Å². The van der Waals surface area contributed by atoms with E-state index in [0.29, 0.717) is 36.8 Å². The number of carbonyl (C=O) groups is 1.